The van der Waals surface area contributed by atoms with Crippen molar-refractivity contribution in [2.24, 2.45) is 0 Å². The zero-order chi connectivity index (χ0) is 25.9. The molecule has 0 spiro atoms. The van der Waals surface area contributed by atoms with E-state index in [0.717, 1.165) is 16.7 Å². The van der Waals surface area contributed by atoms with Gasteiger partial charge in [0.1, 0.15) is 11.5 Å². The molecule has 0 aliphatic heterocycles. The molecule has 0 N–H and O–H groups in total. The van der Waals surface area contributed by atoms with Crippen LogP contribution in [-0.2, 0) is 0 Å². The number of esters is 1. The number of halogens is 3. The second-order valence-corrected chi connectivity index (χ2v) is 9.24. The van der Waals surface area contributed by atoms with Crippen molar-refractivity contribution in [2.75, 3.05) is 0 Å². The summed E-state index contributed by atoms with van der Waals surface area (Å²) in [6, 6.07) is 29.8. The third-order valence-electron chi connectivity index (χ3n) is 6.05. The van der Waals surface area contributed by atoms with Crippen LogP contribution in [0.5, 0.6) is 5.88 Å². The Balaban J connectivity index is 1.74. The molecule has 0 bridgehead atoms. The molecule has 1 aromatic heterocycles. The molecule has 0 aliphatic rings. The summed E-state index contributed by atoms with van der Waals surface area (Å²) in [6.45, 7) is 1.91. The lowest BCUT2D eigenvalue weighted by Gasteiger charge is -2.17. The Morgan fingerprint density at radius 2 is 1.46 bits per heavy atom. The summed E-state index contributed by atoms with van der Waals surface area (Å²) >= 11 is 12.5. The minimum absolute atomic E-state index is 0.169. The van der Waals surface area contributed by atoms with Crippen LogP contribution in [0.2, 0.25) is 10.0 Å². The number of nitrogens with zero attached hydrogens (tertiary/aromatic N) is 2. The summed E-state index contributed by atoms with van der Waals surface area (Å²) in [6.07, 6.45) is 0. The summed E-state index contributed by atoms with van der Waals surface area (Å²) in [4.78, 5) is 13.2. The van der Waals surface area contributed by atoms with Crippen LogP contribution in [0.15, 0.2) is 103 Å². The van der Waals surface area contributed by atoms with Gasteiger partial charge in [-0.25, -0.2) is 13.9 Å². The number of hydrogen-bond acceptors (Lipinski definition) is 3. The predicted molar refractivity (Wildman–Crippen MR) is 145 cm³/mol. The fourth-order valence-corrected chi connectivity index (χ4v) is 4.43. The van der Waals surface area contributed by atoms with Crippen molar-refractivity contribution in [3.05, 3.63) is 130 Å². The van der Waals surface area contributed by atoms with Crippen LogP contribution in [-0.4, -0.2) is 15.7 Å². The van der Waals surface area contributed by atoms with Gasteiger partial charge in [0.2, 0.25) is 5.88 Å². The molecule has 0 saturated heterocycles. The second kappa shape index (κ2) is 10.6. The Bertz CT molecular complexity index is 1570. The Labute approximate surface area is 223 Å². The van der Waals surface area contributed by atoms with Crippen LogP contribution in [0, 0.1) is 5.82 Å². The maximum Gasteiger partial charge on any atom is 0.347 e. The van der Waals surface area contributed by atoms with Gasteiger partial charge in [0.15, 0.2) is 0 Å². The Morgan fingerprint density at radius 1 is 0.838 bits per heavy atom. The molecule has 1 unspecified atom stereocenters. The largest absolute Gasteiger partial charge is 0.403 e. The highest BCUT2D eigenvalue weighted by atomic mass is 35.5. The van der Waals surface area contributed by atoms with Crippen molar-refractivity contribution in [1.29, 1.82) is 0 Å². The van der Waals surface area contributed by atoms with E-state index >= 15 is 0 Å². The zero-order valence-corrected chi connectivity index (χ0v) is 21.2. The van der Waals surface area contributed by atoms with Gasteiger partial charge in [-0.1, -0.05) is 102 Å². The third-order valence-corrected chi connectivity index (χ3v) is 6.79. The highest BCUT2D eigenvalue weighted by Crippen LogP contribution is 2.42. The van der Waals surface area contributed by atoms with Gasteiger partial charge < -0.3 is 4.74 Å². The first-order valence-corrected chi connectivity index (χ1v) is 12.3. The first-order valence-electron chi connectivity index (χ1n) is 11.6. The molecule has 0 fully saturated rings. The molecule has 0 saturated carbocycles. The molecule has 4 nitrogen and oxygen atoms in total. The van der Waals surface area contributed by atoms with Crippen molar-refractivity contribution in [3.63, 3.8) is 0 Å². The lowest BCUT2D eigenvalue weighted by Crippen LogP contribution is -2.17. The van der Waals surface area contributed by atoms with Gasteiger partial charge in [-0.2, -0.15) is 5.10 Å². The monoisotopic (exact) mass is 530 g/mol. The molecular formula is C30H21Cl2FN2O2. The first-order chi connectivity index (χ1) is 17.9. The summed E-state index contributed by atoms with van der Waals surface area (Å²) < 4.78 is 22.1. The quantitative estimate of drug-likeness (QED) is 0.207. The Kier molecular flexibility index (Phi) is 7.08. The fraction of sp³-hybridized carbons (Fsp3) is 0.0667. The number of rotatable bonds is 6. The van der Waals surface area contributed by atoms with Crippen molar-refractivity contribution < 1.29 is 13.9 Å². The highest BCUT2D eigenvalue weighted by molar-refractivity contribution is 6.42. The molecule has 4 aromatic carbocycles. The van der Waals surface area contributed by atoms with E-state index in [0.29, 0.717) is 21.3 Å². The Hall–Kier alpha value is -3.93. The molecule has 0 aliphatic carbocycles. The van der Waals surface area contributed by atoms with E-state index in [1.165, 1.54) is 18.2 Å². The summed E-state index contributed by atoms with van der Waals surface area (Å²) in [5.74, 6) is -1.30. The van der Waals surface area contributed by atoms with Crippen molar-refractivity contribution in [2.45, 2.75) is 13.0 Å². The minimum atomic E-state index is -0.822. The molecule has 37 heavy (non-hydrogen) atoms. The smallest absolute Gasteiger partial charge is 0.347 e. The van der Waals surface area contributed by atoms with Crippen LogP contribution >= 0.6 is 23.2 Å². The van der Waals surface area contributed by atoms with Crippen molar-refractivity contribution in [1.82, 2.24) is 9.78 Å². The number of hydrogen-bond donors (Lipinski definition) is 0. The molecule has 1 heterocycles. The average Bonchev–Trinajstić information content (AvgIpc) is 3.30. The van der Waals surface area contributed by atoms with E-state index in [1.807, 2.05) is 73.7 Å². The van der Waals surface area contributed by atoms with Gasteiger partial charge in [-0.3, -0.25) is 0 Å². The van der Waals surface area contributed by atoms with Crippen molar-refractivity contribution >= 4 is 29.2 Å². The maximum absolute atomic E-state index is 14.5. The Morgan fingerprint density at radius 3 is 2.11 bits per heavy atom. The van der Waals surface area contributed by atoms with Gasteiger partial charge in [0.05, 0.1) is 27.2 Å². The van der Waals surface area contributed by atoms with Crippen LogP contribution in [0.4, 0.5) is 4.39 Å². The molecule has 1 atom stereocenters. The molecule has 184 valence electrons. The lowest BCUT2D eigenvalue weighted by molar-refractivity contribution is 0.0713. The molecular weight excluding hydrogens is 510 g/mol. The van der Waals surface area contributed by atoms with E-state index in [-0.39, 0.29) is 11.4 Å². The SMILES string of the molecule is CC(c1ccc(Cl)c(Cl)c1)n1nc(-c2ccccc2)c(-c2ccccc2)c1OC(=O)c1ccccc1F. The standard InChI is InChI=1S/C30H21Cl2FN2O2/c1-19(22-16-17-24(31)25(32)18-22)35-29(37-30(36)23-14-8-9-15-26(23)33)27(20-10-4-2-5-11-20)28(34-35)21-12-6-3-7-13-21/h2-19H,1H3. The molecule has 5 aromatic rings. The van der Waals surface area contributed by atoms with E-state index in [2.05, 4.69) is 0 Å². The predicted octanol–water partition coefficient (Wildman–Crippen LogP) is 8.49. The lowest BCUT2D eigenvalue weighted by atomic mass is 10.0. The van der Waals surface area contributed by atoms with Crippen LogP contribution < -0.4 is 4.74 Å². The van der Waals surface area contributed by atoms with Gasteiger partial charge in [-0.15, -0.1) is 0 Å². The van der Waals surface area contributed by atoms with Gasteiger partial charge in [0, 0.05) is 5.56 Å². The van der Waals surface area contributed by atoms with E-state index < -0.39 is 17.8 Å². The van der Waals surface area contributed by atoms with Crippen molar-refractivity contribution in [3.8, 4) is 28.3 Å². The third kappa shape index (κ3) is 5.01. The van der Waals surface area contributed by atoms with Gasteiger partial charge in [-0.05, 0) is 42.3 Å². The summed E-state index contributed by atoms with van der Waals surface area (Å²) in [5, 5.41) is 5.75. The number of ether oxygens (including phenoxy) is 1. The number of benzene rings is 4. The van der Waals surface area contributed by atoms with E-state index in [1.54, 1.807) is 22.9 Å². The molecule has 7 heteroatoms. The highest BCUT2D eigenvalue weighted by Gasteiger charge is 2.28. The van der Waals surface area contributed by atoms with Gasteiger partial charge >= 0.3 is 5.97 Å². The molecule has 5 rings (SSSR count). The number of carbonyl (C=O) groups excluding carboxylic acids is 1. The number of aromatic nitrogens is 2. The van der Waals surface area contributed by atoms with Crippen LogP contribution in [0.25, 0.3) is 22.4 Å². The molecule has 0 amide bonds. The van der Waals surface area contributed by atoms with E-state index in [4.69, 9.17) is 33.0 Å². The maximum atomic E-state index is 14.5. The minimum Gasteiger partial charge on any atom is -0.403 e. The topological polar surface area (TPSA) is 44.1 Å². The van der Waals surface area contributed by atoms with Crippen LogP contribution in [0.1, 0.15) is 28.9 Å². The first kappa shape index (κ1) is 24.8. The fourth-order valence-electron chi connectivity index (χ4n) is 4.13. The van der Waals surface area contributed by atoms with E-state index in [9.17, 15) is 9.18 Å². The normalized spacial score (nSPS) is 11.8. The summed E-state index contributed by atoms with van der Waals surface area (Å²) in [5.41, 5.74) is 3.50. The zero-order valence-electron chi connectivity index (χ0n) is 19.7. The van der Waals surface area contributed by atoms with Gasteiger partial charge in [0.25, 0.3) is 0 Å². The average molecular weight is 531 g/mol. The number of carbonyl (C=O) groups is 1. The second-order valence-electron chi connectivity index (χ2n) is 8.42. The van der Waals surface area contributed by atoms with Crippen LogP contribution in [0.3, 0.4) is 0 Å². The molecule has 0 radical (unpaired) electrons. The summed E-state index contributed by atoms with van der Waals surface area (Å²) in [7, 11) is 0.